The predicted molar refractivity (Wildman–Crippen MR) is 73.9 cm³/mol. The molecule has 0 atom stereocenters. The van der Waals surface area contributed by atoms with Crippen LogP contribution in [0.2, 0.25) is 0 Å². The molecule has 100 valence electrons. The minimum absolute atomic E-state index is 0.0575. The van der Waals surface area contributed by atoms with Gasteiger partial charge in [0.25, 0.3) is 5.91 Å². The molecule has 0 radical (unpaired) electrons. The van der Waals surface area contributed by atoms with Crippen molar-refractivity contribution < 1.29 is 4.79 Å². The summed E-state index contributed by atoms with van der Waals surface area (Å²) in [6.07, 6.45) is 4.34. The molecule has 0 aliphatic rings. The van der Waals surface area contributed by atoms with Crippen molar-refractivity contribution in [3.8, 4) is 0 Å². The largest absolute Gasteiger partial charge is 0.383 e. The van der Waals surface area contributed by atoms with Crippen molar-refractivity contribution in [2.75, 3.05) is 39.0 Å². The highest BCUT2D eigenvalue weighted by atomic mass is 16.1. The Morgan fingerprint density at radius 2 is 2.17 bits per heavy atom. The van der Waals surface area contributed by atoms with E-state index in [4.69, 9.17) is 0 Å². The summed E-state index contributed by atoms with van der Waals surface area (Å²) in [6.45, 7) is 4.39. The van der Waals surface area contributed by atoms with Crippen molar-refractivity contribution >= 4 is 11.6 Å². The number of nitrogens with one attached hydrogen (secondary N) is 2. The van der Waals surface area contributed by atoms with Crippen molar-refractivity contribution in [2.24, 2.45) is 0 Å². The van der Waals surface area contributed by atoms with Gasteiger partial charge in [-0.1, -0.05) is 6.92 Å². The second kappa shape index (κ2) is 7.66. The number of likely N-dealkylation sites (N-methyl/N-ethyl adjacent to an activating group) is 1. The molecule has 1 amide bonds. The molecular formula is C13H22N4O. The van der Waals surface area contributed by atoms with Crippen molar-refractivity contribution in [2.45, 2.75) is 13.3 Å². The monoisotopic (exact) mass is 250 g/mol. The molecule has 18 heavy (non-hydrogen) atoms. The van der Waals surface area contributed by atoms with Crippen LogP contribution < -0.4 is 10.6 Å². The lowest BCUT2D eigenvalue weighted by Gasteiger charge is -2.13. The van der Waals surface area contributed by atoms with E-state index in [1.807, 2.05) is 19.0 Å². The molecule has 0 bridgehead atoms. The molecule has 1 aromatic rings. The number of amides is 1. The zero-order chi connectivity index (χ0) is 13.4. The fourth-order valence-corrected chi connectivity index (χ4v) is 1.48. The molecule has 1 aromatic heterocycles. The number of rotatable bonds is 7. The predicted octanol–water partition coefficient (Wildman–Crippen LogP) is 1.19. The summed E-state index contributed by atoms with van der Waals surface area (Å²) in [7, 11) is 3.96. The van der Waals surface area contributed by atoms with E-state index in [0.717, 1.165) is 25.2 Å². The van der Waals surface area contributed by atoms with Crippen molar-refractivity contribution in [3.63, 3.8) is 0 Å². The Labute approximate surface area is 109 Å². The maximum atomic E-state index is 12.0. The van der Waals surface area contributed by atoms with Gasteiger partial charge in [-0.3, -0.25) is 9.78 Å². The lowest BCUT2D eigenvalue weighted by Crippen LogP contribution is -2.31. The maximum Gasteiger partial charge on any atom is 0.253 e. The molecule has 5 heteroatoms. The van der Waals surface area contributed by atoms with Crippen LogP contribution in [0.1, 0.15) is 23.7 Å². The third kappa shape index (κ3) is 4.71. The average molecular weight is 250 g/mol. The van der Waals surface area contributed by atoms with Gasteiger partial charge in [0.15, 0.2) is 0 Å². The minimum atomic E-state index is -0.0575. The Kier molecular flexibility index (Phi) is 6.14. The van der Waals surface area contributed by atoms with Crippen LogP contribution in [0.3, 0.4) is 0 Å². The zero-order valence-electron chi connectivity index (χ0n) is 11.4. The van der Waals surface area contributed by atoms with Gasteiger partial charge in [-0.2, -0.15) is 0 Å². The quantitative estimate of drug-likeness (QED) is 0.763. The molecule has 0 saturated carbocycles. The number of hydrogen-bond acceptors (Lipinski definition) is 4. The Morgan fingerprint density at radius 1 is 1.39 bits per heavy atom. The van der Waals surface area contributed by atoms with Crippen LogP contribution in [-0.4, -0.2) is 49.5 Å². The fraction of sp³-hybridized carbons (Fsp3) is 0.538. The van der Waals surface area contributed by atoms with E-state index >= 15 is 0 Å². The van der Waals surface area contributed by atoms with Gasteiger partial charge in [0, 0.05) is 25.8 Å². The normalized spacial score (nSPS) is 10.4. The van der Waals surface area contributed by atoms with Crippen molar-refractivity contribution in [1.82, 2.24) is 15.2 Å². The number of carbonyl (C=O) groups excluding carboxylic acids is 1. The molecule has 1 rings (SSSR count). The van der Waals surface area contributed by atoms with E-state index in [2.05, 4.69) is 22.5 Å². The van der Waals surface area contributed by atoms with Gasteiger partial charge in [-0.05, 0) is 26.6 Å². The first-order chi connectivity index (χ1) is 8.65. The van der Waals surface area contributed by atoms with Crippen LogP contribution in [0.15, 0.2) is 18.5 Å². The second-order valence-electron chi connectivity index (χ2n) is 4.41. The van der Waals surface area contributed by atoms with Crippen molar-refractivity contribution in [3.05, 3.63) is 24.0 Å². The van der Waals surface area contributed by atoms with E-state index < -0.39 is 0 Å². The summed E-state index contributed by atoms with van der Waals surface area (Å²) in [4.78, 5) is 18.1. The Hall–Kier alpha value is -1.62. The molecule has 2 N–H and O–H groups in total. The highest BCUT2D eigenvalue weighted by Crippen LogP contribution is 2.12. The summed E-state index contributed by atoms with van der Waals surface area (Å²) in [5, 5.41) is 6.11. The third-order valence-corrected chi connectivity index (χ3v) is 2.48. The number of nitrogens with zero attached hydrogens (tertiary/aromatic N) is 2. The number of carbonyl (C=O) groups is 1. The first-order valence-corrected chi connectivity index (χ1v) is 6.26. The smallest absolute Gasteiger partial charge is 0.253 e. The number of anilines is 1. The highest BCUT2D eigenvalue weighted by molar-refractivity contribution is 5.99. The Bertz CT molecular complexity index is 379. The molecule has 0 aliphatic heterocycles. The molecule has 0 unspecified atom stereocenters. The Morgan fingerprint density at radius 3 is 2.83 bits per heavy atom. The van der Waals surface area contributed by atoms with Gasteiger partial charge in [0.2, 0.25) is 0 Å². The van der Waals surface area contributed by atoms with Gasteiger partial charge in [-0.15, -0.1) is 0 Å². The van der Waals surface area contributed by atoms with Gasteiger partial charge in [0.1, 0.15) is 0 Å². The molecule has 0 saturated heterocycles. The molecule has 0 fully saturated rings. The van der Waals surface area contributed by atoms with Gasteiger partial charge >= 0.3 is 0 Å². The van der Waals surface area contributed by atoms with Crippen LogP contribution >= 0.6 is 0 Å². The van der Waals surface area contributed by atoms with Gasteiger partial charge in [0.05, 0.1) is 17.4 Å². The number of aromatic nitrogens is 1. The van der Waals surface area contributed by atoms with Gasteiger partial charge in [-0.25, -0.2) is 0 Å². The van der Waals surface area contributed by atoms with Crippen LogP contribution in [-0.2, 0) is 0 Å². The van der Waals surface area contributed by atoms with E-state index in [9.17, 15) is 4.79 Å². The molecule has 0 aliphatic carbocycles. The highest BCUT2D eigenvalue weighted by Gasteiger charge is 2.10. The Balaban J connectivity index is 2.60. The molecule has 1 heterocycles. The maximum absolute atomic E-state index is 12.0. The van der Waals surface area contributed by atoms with Crippen LogP contribution in [0, 0.1) is 0 Å². The average Bonchev–Trinajstić information content (AvgIpc) is 2.36. The molecule has 0 spiro atoms. The van der Waals surface area contributed by atoms with Crippen LogP contribution in [0.25, 0.3) is 0 Å². The zero-order valence-corrected chi connectivity index (χ0v) is 11.4. The van der Waals surface area contributed by atoms with Crippen LogP contribution in [0.5, 0.6) is 0 Å². The summed E-state index contributed by atoms with van der Waals surface area (Å²) < 4.78 is 0. The summed E-state index contributed by atoms with van der Waals surface area (Å²) in [6, 6.07) is 1.74. The summed E-state index contributed by atoms with van der Waals surface area (Å²) in [5.74, 6) is -0.0575. The summed E-state index contributed by atoms with van der Waals surface area (Å²) in [5.41, 5.74) is 1.44. The fourth-order valence-electron chi connectivity index (χ4n) is 1.48. The summed E-state index contributed by atoms with van der Waals surface area (Å²) >= 11 is 0. The standard InChI is InChI=1S/C13H22N4O/c1-4-6-15-12-10-14-7-5-11(12)13(18)16-8-9-17(2)3/h5,7,10,15H,4,6,8-9H2,1-3H3,(H,16,18). The first-order valence-electron chi connectivity index (χ1n) is 6.26. The molecule has 5 nitrogen and oxygen atoms in total. The molecular weight excluding hydrogens is 228 g/mol. The van der Waals surface area contributed by atoms with Crippen molar-refractivity contribution in [1.29, 1.82) is 0 Å². The van der Waals surface area contributed by atoms with E-state index in [0.29, 0.717) is 12.1 Å². The minimum Gasteiger partial charge on any atom is -0.383 e. The molecule has 0 aromatic carbocycles. The van der Waals surface area contributed by atoms with E-state index in [1.54, 1.807) is 18.5 Å². The lowest BCUT2D eigenvalue weighted by atomic mass is 10.2. The number of pyridine rings is 1. The van der Waals surface area contributed by atoms with Gasteiger partial charge < -0.3 is 15.5 Å². The third-order valence-electron chi connectivity index (χ3n) is 2.48. The second-order valence-corrected chi connectivity index (χ2v) is 4.41. The van der Waals surface area contributed by atoms with E-state index in [-0.39, 0.29) is 5.91 Å². The number of hydrogen-bond donors (Lipinski definition) is 2. The van der Waals surface area contributed by atoms with E-state index in [1.165, 1.54) is 0 Å². The topological polar surface area (TPSA) is 57.3 Å². The van der Waals surface area contributed by atoms with Crippen LogP contribution in [0.4, 0.5) is 5.69 Å². The SMILES string of the molecule is CCCNc1cnccc1C(=O)NCCN(C)C. The first kappa shape index (κ1) is 14.4. The lowest BCUT2D eigenvalue weighted by molar-refractivity contribution is 0.0951.